The van der Waals surface area contributed by atoms with Crippen LogP contribution in [0.1, 0.15) is 36.5 Å². The Morgan fingerprint density at radius 2 is 1.92 bits per heavy atom. The van der Waals surface area contributed by atoms with Crippen LogP contribution in [-0.2, 0) is 9.53 Å². The first kappa shape index (κ1) is 17.6. The molecule has 1 aromatic rings. The summed E-state index contributed by atoms with van der Waals surface area (Å²) >= 11 is 0. The summed E-state index contributed by atoms with van der Waals surface area (Å²) in [6, 6.07) is 0. The first-order valence-corrected chi connectivity index (χ1v) is 8.73. The van der Waals surface area contributed by atoms with Crippen molar-refractivity contribution in [2.45, 2.75) is 26.2 Å². The van der Waals surface area contributed by atoms with Crippen molar-refractivity contribution in [3.8, 4) is 0 Å². The summed E-state index contributed by atoms with van der Waals surface area (Å²) in [4.78, 5) is 36.6. The number of ether oxygens (including phenoxy) is 1. The van der Waals surface area contributed by atoms with Crippen LogP contribution in [0.2, 0.25) is 0 Å². The van der Waals surface area contributed by atoms with Crippen molar-refractivity contribution >= 4 is 17.8 Å². The molecule has 2 aliphatic rings. The van der Waals surface area contributed by atoms with Crippen LogP contribution in [0.5, 0.6) is 0 Å². The molecule has 2 fully saturated rings. The molecule has 1 atom stereocenters. The highest BCUT2D eigenvalue weighted by atomic mass is 16.5. The second-order valence-electron chi connectivity index (χ2n) is 6.64. The molecule has 8 heteroatoms. The van der Waals surface area contributed by atoms with Crippen molar-refractivity contribution < 1.29 is 19.4 Å². The summed E-state index contributed by atoms with van der Waals surface area (Å²) in [6.07, 6.45) is 4.87. The van der Waals surface area contributed by atoms with Crippen LogP contribution in [0.3, 0.4) is 0 Å². The molecule has 0 bridgehead atoms. The van der Waals surface area contributed by atoms with Crippen LogP contribution in [0.25, 0.3) is 0 Å². The second-order valence-corrected chi connectivity index (χ2v) is 6.64. The lowest BCUT2D eigenvalue weighted by Crippen LogP contribution is -2.49. The smallest absolute Gasteiger partial charge is 0.311 e. The summed E-state index contributed by atoms with van der Waals surface area (Å²) < 4.78 is 5.31. The van der Waals surface area contributed by atoms with Crippen molar-refractivity contribution in [1.29, 1.82) is 0 Å². The predicted molar refractivity (Wildman–Crippen MR) is 90.6 cm³/mol. The lowest BCUT2D eigenvalue weighted by Gasteiger charge is -2.39. The molecule has 3 heterocycles. The number of nitrogens with zero attached hydrogens (tertiary/aromatic N) is 4. The van der Waals surface area contributed by atoms with Gasteiger partial charge in [0.05, 0.1) is 24.2 Å². The third-order valence-corrected chi connectivity index (χ3v) is 5.17. The van der Waals surface area contributed by atoms with Gasteiger partial charge in [-0.25, -0.2) is 9.97 Å². The molecular weight excluding hydrogens is 324 g/mol. The van der Waals surface area contributed by atoms with Gasteiger partial charge in [0.25, 0.3) is 5.91 Å². The zero-order chi connectivity index (χ0) is 17.9. The number of hydrogen-bond acceptors (Lipinski definition) is 6. The number of likely N-dealkylation sites (tertiary alicyclic amines) is 1. The summed E-state index contributed by atoms with van der Waals surface area (Å²) in [5.74, 6) is -0.439. The Labute approximate surface area is 146 Å². The molecule has 0 saturated carbocycles. The van der Waals surface area contributed by atoms with Crippen molar-refractivity contribution in [1.82, 2.24) is 14.9 Å². The molecule has 0 aliphatic carbocycles. The topological polar surface area (TPSA) is 95.9 Å². The van der Waals surface area contributed by atoms with E-state index in [1.165, 1.54) is 12.4 Å². The predicted octanol–water partition coefficient (Wildman–Crippen LogP) is 1.03. The zero-order valence-corrected chi connectivity index (χ0v) is 14.5. The van der Waals surface area contributed by atoms with E-state index in [1.807, 2.05) is 11.8 Å². The van der Waals surface area contributed by atoms with Gasteiger partial charge in [-0.05, 0) is 19.3 Å². The number of carboxylic acid groups (broad SMARTS) is 1. The van der Waals surface area contributed by atoms with Gasteiger partial charge >= 0.3 is 5.97 Å². The van der Waals surface area contributed by atoms with Crippen LogP contribution in [0.4, 0.5) is 5.95 Å². The average molecular weight is 348 g/mol. The van der Waals surface area contributed by atoms with Crippen LogP contribution in [-0.4, -0.2) is 71.2 Å². The van der Waals surface area contributed by atoms with Crippen molar-refractivity contribution in [2.75, 3.05) is 44.3 Å². The number of carbonyl (C=O) groups excluding carboxylic acids is 1. The highest BCUT2D eigenvalue weighted by Gasteiger charge is 2.42. The van der Waals surface area contributed by atoms with E-state index in [-0.39, 0.29) is 12.5 Å². The lowest BCUT2D eigenvalue weighted by atomic mass is 9.77. The lowest BCUT2D eigenvalue weighted by molar-refractivity contribution is -0.152. The summed E-state index contributed by atoms with van der Waals surface area (Å²) in [7, 11) is 0. The van der Waals surface area contributed by atoms with E-state index < -0.39 is 11.4 Å². The number of carbonyl (C=O) groups is 2. The third-order valence-electron chi connectivity index (χ3n) is 5.17. The standard InChI is InChI=1S/C17H24N4O4/c1-2-17(15(23)24)4-3-5-21(12-17)14(22)13-10-18-16(19-11-13)20-6-8-25-9-7-20/h10-11H,2-9,12H2,1H3,(H,23,24)/t17-/m1/s1. The number of rotatable bonds is 4. The van der Waals surface area contributed by atoms with Gasteiger partial charge in [-0.15, -0.1) is 0 Å². The Hall–Kier alpha value is -2.22. The largest absolute Gasteiger partial charge is 0.481 e. The molecule has 3 rings (SSSR count). The number of aromatic nitrogens is 2. The van der Waals surface area contributed by atoms with Crippen molar-refractivity contribution in [3.63, 3.8) is 0 Å². The van der Waals surface area contributed by atoms with Gasteiger partial charge in [-0.2, -0.15) is 0 Å². The Bertz CT molecular complexity index is 630. The molecule has 136 valence electrons. The molecule has 8 nitrogen and oxygen atoms in total. The van der Waals surface area contributed by atoms with Gasteiger partial charge in [0, 0.05) is 38.6 Å². The fourth-order valence-electron chi connectivity index (χ4n) is 3.46. The van der Waals surface area contributed by atoms with E-state index in [0.29, 0.717) is 50.5 Å². The van der Waals surface area contributed by atoms with Gasteiger partial charge in [-0.1, -0.05) is 6.92 Å². The first-order valence-electron chi connectivity index (χ1n) is 8.73. The minimum absolute atomic E-state index is 0.202. The van der Waals surface area contributed by atoms with E-state index in [9.17, 15) is 14.7 Å². The number of morpholine rings is 1. The molecule has 1 aromatic heterocycles. The van der Waals surface area contributed by atoms with Gasteiger partial charge in [0.2, 0.25) is 5.95 Å². The maximum Gasteiger partial charge on any atom is 0.311 e. The van der Waals surface area contributed by atoms with Crippen molar-refractivity contribution in [2.24, 2.45) is 5.41 Å². The van der Waals surface area contributed by atoms with E-state index in [1.54, 1.807) is 4.90 Å². The second kappa shape index (κ2) is 7.35. The monoisotopic (exact) mass is 348 g/mol. The van der Waals surface area contributed by atoms with E-state index >= 15 is 0 Å². The molecule has 2 saturated heterocycles. The van der Waals surface area contributed by atoms with Gasteiger partial charge in [0.15, 0.2) is 0 Å². The fourth-order valence-corrected chi connectivity index (χ4v) is 3.46. The Balaban J connectivity index is 1.71. The normalized spacial score (nSPS) is 24.2. The summed E-state index contributed by atoms with van der Waals surface area (Å²) in [5, 5.41) is 9.56. The summed E-state index contributed by atoms with van der Waals surface area (Å²) in [5.41, 5.74) is -0.447. The van der Waals surface area contributed by atoms with E-state index in [0.717, 1.165) is 13.1 Å². The van der Waals surface area contributed by atoms with Gasteiger partial charge in [0.1, 0.15) is 0 Å². The molecule has 1 N–H and O–H groups in total. The first-order chi connectivity index (χ1) is 12.1. The highest BCUT2D eigenvalue weighted by Crippen LogP contribution is 2.34. The molecule has 0 aromatic carbocycles. The maximum atomic E-state index is 12.7. The zero-order valence-electron chi connectivity index (χ0n) is 14.5. The molecule has 25 heavy (non-hydrogen) atoms. The molecular formula is C17H24N4O4. The third kappa shape index (κ3) is 3.58. The van der Waals surface area contributed by atoms with Gasteiger partial charge in [-0.3, -0.25) is 9.59 Å². The molecule has 0 radical (unpaired) electrons. The molecule has 1 amide bonds. The SMILES string of the molecule is CC[C@@]1(C(=O)O)CCCN(C(=O)c2cnc(N3CCOCC3)nc2)C1. The van der Waals surface area contributed by atoms with Crippen LogP contribution in [0.15, 0.2) is 12.4 Å². The quantitative estimate of drug-likeness (QED) is 0.868. The minimum atomic E-state index is -0.845. The van der Waals surface area contributed by atoms with Gasteiger partial charge < -0.3 is 19.6 Å². The summed E-state index contributed by atoms with van der Waals surface area (Å²) in [6.45, 7) is 5.43. The Kier molecular flexibility index (Phi) is 5.17. The number of amides is 1. The van der Waals surface area contributed by atoms with Crippen LogP contribution in [0, 0.1) is 5.41 Å². The molecule has 0 unspecified atom stereocenters. The number of hydrogen-bond donors (Lipinski definition) is 1. The highest BCUT2D eigenvalue weighted by molar-refractivity contribution is 5.94. The number of anilines is 1. The van der Waals surface area contributed by atoms with E-state index in [2.05, 4.69) is 9.97 Å². The Morgan fingerprint density at radius 3 is 2.52 bits per heavy atom. The Morgan fingerprint density at radius 1 is 1.24 bits per heavy atom. The molecule has 2 aliphatic heterocycles. The maximum absolute atomic E-state index is 12.7. The molecule has 0 spiro atoms. The number of aliphatic carboxylic acids is 1. The number of carboxylic acids is 1. The van der Waals surface area contributed by atoms with Crippen LogP contribution < -0.4 is 4.90 Å². The number of piperidine rings is 1. The van der Waals surface area contributed by atoms with Crippen LogP contribution >= 0.6 is 0 Å². The average Bonchev–Trinajstić information content (AvgIpc) is 2.68. The minimum Gasteiger partial charge on any atom is -0.481 e. The fraction of sp³-hybridized carbons (Fsp3) is 0.647. The van der Waals surface area contributed by atoms with E-state index in [4.69, 9.17) is 4.74 Å². The van der Waals surface area contributed by atoms with Crippen molar-refractivity contribution in [3.05, 3.63) is 18.0 Å².